The third-order valence-corrected chi connectivity index (χ3v) is 3.86. The quantitative estimate of drug-likeness (QED) is 0.761. The molecule has 0 saturated heterocycles. The lowest BCUT2D eigenvalue weighted by molar-refractivity contribution is 0.684. The van der Waals surface area contributed by atoms with Gasteiger partial charge in [0.25, 0.3) is 0 Å². The van der Waals surface area contributed by atoms with Gasteiger partial charge in [-0.3, -0.25) is 4.21 Å². The number of pyridine rings is 1. The van der Waals surface area contributed by atoms with E-state index in [4.69, 9.17) is 18.0 Å². The number of aryl methyl sites for hydroxylation is 1. The Morgan fingerprint density at radius 1 is 1.65 bits per heavy atom. The minimum Gasteiger partial charge on any atom is -0.389 e. The third-order valence-electron chi connectivity index (χ3n) is 2.35. The highest BCUT2D eigenvalue weighted by Crippen LogP contribution is 2.15. The van der Waals surface area contributed by atoms with Crippen molar-refractivity contribution < 1.29 is 4.21 Å². The Bertz CT molecular complexity index is 435. The van der Waals surface area contributed by atoms with Gasteiger partial charge in [0.05, 0.1) is 5.56 Å². The van der Waals surface area contributed by atoms with E-state index < -0.39 is 10.8 Å². The minimum atomic E-state index is -0.778. The van der Waals surface area contributed by atoms with E-state index in [1.165, 1.54) is 0 Å². The van der Waals surface area contributed by atoms with Gasteiger partial charge in [0.1, 0.15) is 10.8 Å². The maximum Gasteiger partial charge on any atom is 0.136 e. The molecule has 3 N–H and O–H groups in total. The van der Waals surface area contributed by atoms with Crippen LogP contribution < -0.4 is 11.1 Å². The number of nitrogens with zero attached hydrogens (tertiary/aromatic N) is 1. The molecule has 0 aliphatic carbocycles. The second kappa shape index (κ2) is 6.66. The maximum absolute atomic E-state index is 11.3. The molecule has 0 fully saturated rings. The van der Waals surface area contributed by atoms with Crippen molar-refractivity contribution in [2.75, 3.05) is 23.4 Å². The van der Waals surface area contributed by atoms with Crippen LogP contribution in [-0.2, 0) is 10.8 Å². The molecule has 1 rings (SSSR count). The fourth-order valence-corrected chi connectivity index (χ4v) is 2.31. The maximum atomic E-state index is 11.3. The van der Waals surface area contributed by atoms with Crippen molar-refractivity contribution in [2.45, 2.75) is 13.8 Å². The molecular formula is C11H17N3OS2. The molecule has 17 heavy (non-hydrogen) atoms. The summed E-state index contributed by atoms with van der Waals surface area (Å²) in [5, 5.41) is 3.13. The van der Waals surface area contributed by atoms with E-state index in [9.17, 15) is 4.21 Å². The molecule has 0 aromatic carbocycles. The molecule has 1 aromatic rings. The molecule has 0 aliphatic rings. The SMILES string of the molecule is CCS(=O)CCNc1nccc(C)c1C(N)=S. The first kappa shape index (κ1) is 14.1. The molecule has 1 heterocycles. The van der Waals surface area contributed by atoms with E-state index in [0.717, 1.165) is 11.1 Å². The van der Waals surface area contributed by atoms with Gasteiger partial charge < -0.3 is 11.1 Å². The predicted octanol–water partition coefficient (Wildman–Crippen LogP) is 1.20. The fourth-order valence-electron chi connectivity index (χ4n) is 1.43. The Labute approximate surface area is 109 Å². The van der Waals surface area contributed by atoms with Crippen molar-refractivity contribution in [3.8, 4) is 0 Å². The average Bonchev–Trinajstić information content (AvgIpc) is 2.28. The second-order valence-corrected chi connectivity index (χ2v) is 5.88. The number of aromatic nitrogens is 1. The molecule has 0 spiro atoms. The van der Waals surface area contributed by atoms with Crippen LogP contribution in [0.2, 0.25) is 0 Å². The number of hydrogen-bond donors (Lipinski definition) is 2. The van der Waals surface area contributed by atoms with Crippen molar-refractivity contribution in [3.05, 3.63) is 23.4 Å². The summed E-state index contributed by atoms with van der Waals surface area (Å²) < 4.78 is 11.3. The Morgan fingerprint density at radius 2 is 2.35 bits per heavy atom. The number of nitrogens with one attached hydrogen (secondary N) is 1. The number of hydrogen-bond acceptors (Lipinski definition) is 4. The standard InChI is InChI=1S/C11H17N3OS2/c1-3-17(15)7-6-14-11-9(10(12)16)8(2)4-5-13-11/h4-5H,3,6-7H2,1-2H3,(H2,12,16)(H,13,14). The van der Waals surface area contributed by atoms with Gasteiger partial charge >= 0.3 is 0 Å². The zero-order valence-corrected chi connectivity index (χ0v) is 11.7. The molecule has 1 unspecified atom stereocenters. The van der Waals surface area contributed by atoms with Gasteiger partial charge in [0.15, 0.2) is 0 Å². The summed E-state index contributed by atoms with van der Waals surface area (Å²) in [6.07, 6.45) is 1.70. The Balaban J connectivity index is 2.74. The van der Waals surface area contributed by atoms with Gasteiger partial charge in [-0.1, -0.05) is 19.1 Å². The molecule has 0 bridgehead atoms. The van der Waals surface area contributed by atoms with Gasteiger partial charge in [0.2, 0.25) is 0 Å². The van der Waals surface area contributed by atoms with Crippen LogP contribution in [0.4, 0.5) is 5.82 Å². The van der Waals surface area contributed by atoms with Crippen molar-refractivity contribution >= 4 is 33.8 Å². The molecule has 1 atom stereocenters. The van der Waals surface area contributed by atoms with Crippen LogP contribution >= 0.6 is 12.2 Å². The fraction of sp³-hybridized carbons (Fsp3) is 0.455. The lowest BCUT2D eigenvalue weighted by atomic mass is 10.1. The van der Waals surface area contributed by atoms with Gasteiger partial charge in [-0.15, -0.1) is 0 Å². The van der Waals surface area contributed by atoms with Crippen molar-refractivity contribution in [1.82, 2.24) is 4.98 Å². The normalized spacial score (nSPS) is 12.1. The van der Waals surface area contributed by atoms with Crippen molar-refractivity contribution in [2.24, 2.45) is 5.73 Å². The van der Waals surface area contributed by atoms with Crippen LogP contribution in [0.1, 0.15) is 18.1 Å². The first-order valence-electron chi connectivity index (χ1n) is 5.40. The van der Waals surface area contributed by atoms with E-state index in [2.05, 4.69) is 10.3 Å². The van der Waals surface area contributed by atoms with E-state index in [1.54, 1.807) is 6.20 Å². The van der Waals surface area contributed by atoms with E-state index in [0.29, 0.717) is 28.9 Å². The number of nitrogens with two attached hydrogens (primary N) is 1. The highest BCUT2D eigenvalue weighted by Gasteiger charge is 2.09. The van der Waals surface area contributed by atoms with Gasteiger partial charge in [-0.25, -0.2) is 4.98 Å². The van der Waals surface area contributed by atoms with Gasteiger partial charge in [0, 0.05) is 35.0 Å². The van der Waals surface area contributed by atoms with Gasteiger partial charge in [-0.05, 0) is 18.6 Å². The van der Waals surface area contributed by atoms with E-state index in [1.807, 2.05) is 19.9 Å². The summed E-state index contributed by atoms with van der Waals surface area (Å²) in [6, 6.07) is 1.86. The molecule has 6 heteroatoms. The van der Waals surface area contributed by atoms with Crippen LogP contribution in [0.25, 0.3) is 0 Å². The zero-order chi connectivity index (χ0) is 12.8. The van der Waals surface area contributed by atoms with Crippen LogP contribution in [0, 0.1) is 6.92 Å². The number of thiocarbonyl (C=S) groups is 1. The Morgan fingerprint density at radius 3 is 2.94 bits per heavy atom. The van der Waals surface area contributed by atoms with Crippen molar-refractivity contribution in [1.29, 1.82) is 0 Å². The first-order valence-corrected chi connectivity index (χ1v) is 7.30. The lowest BCUT2D eigenvalue weighted by Crippen LogP contribution is -2.19. The lowest BCUT2D eigenvalue weighted by Gasteiger charge is -2.11. The Kier molecular flexibility index (Phi) is 5.50. The third kappa shape index (κ3) is 4.05. The Hall–Kier alpha value is -1.01. The van der Waals surface area contributed by atoms with Crippen molar-refractivity contribution in [3.63, 3.8) is 0 Å². The minimum absolute atomic E-state index is 0.328. The van der Waals surface area contributed by atoms with Crippen LogP contribution in [0.15, 0.2) is 12.3 Å². The molecule has 0 radical (unpaired) electrons. The second-order valence-electron chi connectivity index (χ2n) is 3.58. The topological polar surface area (TPSA) is 68.0 Å². The average molecular weight is 271 g/mol. The zero-order valence-electron chi connectivity index (χ0n) is 10.0. The highest BCUT2D eigenvalue weighted by atomic mass is 32.2. The predicted molar refractivity (Wildman–Crippen MR) is 76.9 cm³/mol. The monoisotopic (exact) mass is 271 g/mol. The highest BCUT2D eigenvalue weighted by molar-refractivity contribution is 7.84. The summed E-state index contributed by atoms with van der Waals surface area (Å²) >= 11 is 5.00. The smallest absolute Gasteiger partial charge is 0.136 e. The summed E-state index contributed by atoms with van der Waals surface area (Å²) in [5.41, 5.74) is 7.43. The van der Waals surface area contributed by atoms with E-state index >= 15 is 0 Å². The molecule has 0 aliphatic heterocycles. The largest absolute Gasteiger partial charge is 0.389 e. The molecule has 94 valence electrons. The molecule has 0 amide bonds. The number of rotatable bonds is 6. The molecular weight excluding hydrogens is 254 g/mol. The van der Waals surface area contributed by atoms with Crippen LogP contribution in [0.3, 0.4) is 0 Å². The van der Waals surface area contributed by atoms with Gasteiger partial charge in [-0.2, -0.15) is 0 Å². The summed E-state index contributed by atoms with van der Waals surface area (Å²) in [6.45, 7) is 4.44. The van der Waals surface area contributed by atoms with E-state index in [-0.39, 0.29) is 0 Å². The first-order chi connectivity index (χ1) is 8.06. The number of anilines is 1. The summed E-state index contributed by atoms with van der Waals surface area (Å²) in [7, 11) is -0.778. The molecule has 1 aromatic heterocycles. The molecule has 0 saturated carbocycles. The van der Waals surface area contributed by atoms with Crippen LogP contribution in [-0.4, -0.2) is 32.2 Å². The molecule has 4 nitrogen and oxygen atoms in total. The summed E-state index contributed by atoms with van der Waals surface area (Å²) in [5.74, 6) is 1.94. The van der Waals surface area contributed by atoms with Crippen LogP contribution in [0.5, 0.6) is 0 Å². The summed E-state index contributed by atoms with van der Waals surface area (Å²) in [4.78, 5) is 4.53.